The van der Waals surface area contributed by atoms with Crippen LogP contribution < -0.4 is 15.4 Å². The van der Waals surface area contributed by atoms with Gasteiger partial charge in [-0.15, -0.1) is 0 Å². The van der Waals surface area contributed by atoms with Gasteiger partial charge in [-0.2, -0.15) is 10.2 Å². The molecule has 2 N–H and O–H groups in total. The first-order chi connectivity index (χ1) is 14.6. The fourth-order valence-corrected chi connectivity index (χ4v) is 3.74. The Bertz CT molecular complexity index is 994. The number of hydrogen-bond donors (Lipinski definition) is 2. The summed E-state index contributed by atoms with van der Waals surface area (Å²) in [7, 11) is 0. The van der Waals surface area contributed by atoms with Crippen molar-refractivity contribution in [1.82, 2.24) is 30.2 Å². The van der Waals surface area contributed by atoms with Gasteiger partial charge in [0.1, 0.15) is 12.4 Å². The maximum absolute atomic E-state index is 13.0. The topological polar surface area (TPSA) is 86.0 Å². The molecule has 1 unspecified atom stereocenters. The molecular weight excluding hydrogens is 380 g/mol. The van der Waals surface area contributed by atoms with Crippen LogP contribution in [0.2, 0.25) is 0 Å². The predicted molar refractivity (Wildman–Crippen MR) is 113 cm³/mol. The molecule has 0 aliphatic carbocycles. The summed E-state index contributed by atoms with van der Waals surface area (Å²) in [5, 5.41) is 15.4. The molecule has 158 valence electrons. The van der Waals surface area contributed by atoms with E-state index in [-0.39, 0.29) is 11.9 Å². The highest BCUT2D eigenvalue weighted by Crippen LogP contribution is 2.19. The molecule has 8 heteroatoms. The third-order valence-electron chi connectivity index (χ3n) is 5.15. The zero-order valence-electron chi connectivity index (χ0n) is 17.5. The fraction of sp³-hybridized carbons (Fsp3) is 0.409. The van der Waals surface area contributed by atoms with E-state index in [1.807, 2.05) is 65.8 Å². The molecular formula is C22H28N6O2. The lowest BCUT2D eigenvalue weighted by molar-refractivity contribution is 0.0928. The number of carbonyl (C=O) groups is 1. The highest BCUT2D eigenvalue weighted by Gasteiger charge is 2.25. The summed E-state index contributed by atoms with van der Waals surface area (Å²) >= 11 is 0. The molecule has 0 saturated heterocycles. The van der Waals surface area contributed by atoms with Gasteiger partial charge in [0.2, 0.25) is 0 Å². The Balaban J connectivity index is 1.42. The third-order valence-corrected chi connectivity index (χ3v) is 5.15. The van der Waals surface area contributed by atoms with Crippen molar-refractivity contribution in [2.24, 2.45) is 0 Å². The highest BCUT2D eigenvalue weighted by molar-refractivity contribution is 5.94. The van der Waals surface area contributed by atoms with Crippen LogP contribution in [-0.2, 0) is 26.1 Å². The maximum Gasteiger partial charge on any atom is 0.272 e. The Hall–Kier alpha value is -3.13. The summed E-state index contributed by atoms with van der Waals surface area (Å²) in [4.78, 5) is 13.0. The largest absolute Gasteiger partial charge is 0.492 e. The minimum atomic E-state index is -0.144. The van der Waals surface area contributed by atoms with E-state index >= 15 is 0 Å². The van der Waals surface area contributed by atoms with Crippen molar-refractivity contribution in [3.8, 4) is 5.75 Å². The first kappa shape index (κ1) is 20.2. The van der Waals surface area contributed by atoms with E-state index in [0.717, 1.165) is 35.7 Å². The van der Waals surface area contributed by atoms with E-state index in [9.17, 15) is 4.79 Å². The summed E-state index contributed by atoms with van der Waals surface area (Å²) in [6.45, 7) is 7.19. The SMILES string of the molecule is Cc1ccn(CC(C)NC(=O)c2nn(CCOc3ccccc3)c3c2CNCC3)n1. The van der Waals surface area contributed by atoms with Crippen LogP contribution in [0.25, 0.3) is 0 Å². The average molecular weight is 409 g/mol. The molecule has 1 amide bonds. The second-order valence-electron chi connectivity index (χ2n) is 7.64. The molecule has 3 aromatic rings. The number of nitrogens with one attached hydrogen (secondary N) is 2. The Morgan fingerprint density at radius 1 is 1.27 bits per heavy atom. The van der Waals surface area contributed by atoms with Gasteiger partial charge in [-0.1, -0.05) is 18.2 Å². The Morgan fingerprint density at radius 3 is 2.87 bits per heavy atom. The number of aromatic nitrogens is 4. The Labute approximate surface area is 176 Å². The van der Waals surface area contributed by atoms with Crippen molar-refractivity contribution < 1.29 is 9.53 Å². The first-order valence-corrected chi connectivity index (χ1v) is 10.4. The van der Waals surface area contributed by atoms with E-state index in [0.29, 0.717) is 31.9 Å². The molecule has 1 aliphatic rings. The number of para-hydroxylation sites is 1. The van der Waals surface area contributed by atoms with E-state index in [1.165, 1.54) is 0 Å². The molecule has 1 atom stereocenters. The maximum atomic E-state index is 13.0. The van der Waals surface area contributed by atoms with Gasteiger partial charge in [0, 0.05) is 43.0 Å². The van der Waals surface area contributed by atoms with Gasteiger partial charge in [0.05, 0.1) is 18.8 Å². The average Bonchev–Trinajstić information content (AvgIpc) is 3.32. The monoisotopic (exact) mass is 408 g/mol. The van der Waals surface area contributed by atoms with Crippen LogP contribution in [0, 0.1) is 6.92 Å². The van der Waals surface area contributed by atoms with Crippen LogP contribution in [-0.4, -0.2) is 44.7 Å². The van der Waals surface area contributed by atoms with Crippen LogP contribution in [0.3, 0.4) is 0 Å². The first-order valence-electron chi connectivity index (χ1n) is 10.4. The lowest BCUT2D eigenvalue weighted by atomic mass is 10.1. The zero-order chi connectivity index (χ0) is 20.9. The highest BCUT2D eigenvalue weighted by atomic mass is 16.5. The van der Waals surface area contributed by atoms with Gasteiger partial charge >= 0.3 is 0 Å². The minimum absolute atomic E-state index is 0.0597. The molecule has 0 fully saturated rings. The van der Waals surface area contributed by atoms with Crippen molar-refractivity contribution >= 4 is 5.91 Å². The molecule has 1 aromatic carbocycles. The van der Waals surface area contributed by atoms with Gasteiger partial charge in [0.15, 0.2) is 5.69 Å². The summed E-state index contributed by atoms with van der Waals surface area (Å²) < 4.78 is 9.59. The van der Waals surface area contributed by atoms with Crippen LogP contribution in [0.15, 0.2) is 42.6 Å². The van der Waals surface area contributed by atoms with E-state index in [1.54, 1.807) is 0 Å². The lowest BCUT2D eigenvalue weighted by Gasteiger charge is -2.16. The molecule has 8 nitrogen and oxygen atoms in total. The molecule has 0 radical (unpaired) electrons. The second-order valence-corrected chi connectivity index (χ2v) is 7.64. The van der Waals surface area contributed by atoms with Crippen LogP contribution >= 0.6 is 0 Å². The van der Waals surface area contributed by atoms with Crippen molar-refractivity contribution in [3.63, 3.8) is 0 Å². The molecule has 0 spiro atoms. The number of fused-ring (bicyclic) bond motifs is 1. The van der Waals surface area contributed by atoms with Gasteiger partial charge in [-0.05, 0) is 32.0 Å². The van der Waals surface area contributed by atoms with Crippen molar-refractivity contribution in [3.05, 3.63) is 65.2 Å². The van der Waals surface area contributed by atoms with Gasteiger partial charge in [-0.25, -0.2) is 0 Å². The number of carbonyl (C=O) groups excluding carboxylic acids is 1. The molecule has 0 bridgehead atoms. The second kappa shape index (κ2) is 9.13. The number of hydrogen-bond acceptors (Lipinski definition) is 5. The Kier molecular flexibility index (Phi) is 6.13. The number of amides is 1. The summed E-state index contributed by atoms with van der Waals surface area (Å²) in [5.74, 6) is 0.690. The molecule has 1 aliphatic heterocycles. The van der Waals surface area contributed by atoms with Crippen molar-refractivity contribution in [2.75, 3.05) is 13.2 Å². The van der Waals surface area contributed by atoms with Gasteiger partial charge in [-0.3, -0.25) is 14.2 Å². The quantitative estimate of drug-likeness (QED) is 0.595. The summed E-state index contributed by atoms with van der Waals surface area (Å²) in [6, 6.07) is 11.6. The number of aryl methyl sites for hydroxylation is 1. The molecule has 2 aromatic heterocycles. The standard InChI is InChI=1S/C22H28N6O2/c1-16-9-11-27(25-16)15-17(2)24-22(29)21-19-14-23-10-8-20(19)28(26-21)12-13-30-18-6-4-3-5-7-18/h3-7,9,11,17,23H,8,10,12-15H2,1-2H3,(H,24,29). The van der Waals surface area contributed by atoms with E-state index in [4.69, 9.17) is 4.74 Å². The smallest absolute Gasteiger partial charge is 0.272 e. The van der Waals surface area contributed by atoms with Gasteiger partial charge < -0.3 is 15.4 Å². The minimum Gasteiger partial charge on any atom is -0.492 e. The van der Waals surface area contributed by atoms with E-state index in [2.05, 4.69) is 20.8 Å². The molecule has 4 rings (SSSR count). The van der Waals surface area contributed by atoms with Crippen LogP contribution in [0.1, 0.15) is 34.4 Å². The number of ether oxygens (including phenoxy) is 1. The number of nitrogens with zero attached hydrogens (tertiary/aromatic N) is 4. The van der Waals surface area contributed by atoms with Gasteiger partial charge in [0.25, 0.3) is 5.91 Å². The molecule has 30 heavy (non-hydrogen) atoms. The normalized spacial score (nSPS) is 14.2. The van der Waals surface area contributed by atoms with E-state index < -0.39 is 0 Å². The molecule has 3 heterocycles. The van der Waals surface area contributed by atoms with Crippen LogP contribution in [0.5, 0.6) is 5.75 Å². The Morgan fingerprint density at radius 2 is 2.10 bits per heavy atom. The van der Waals surface area contributed by atoms with Crippen molar-refractivity contribution in [2.45, 2.75) is 45.9 Å². The lowest BCUT2D eigenvalue weighted by Crippen LogP contribution is -2.37. The third kappa shape index (κ3) is 4.71. The number of benzene rings is 1. The fourth-order valence-electron chi connectivity index (χ4n) is 3.74. The number of rotatable bonds is 8. The summed E-state index contributed by atoms with van der Waals surface area (Å²) in [6.07, 6.45) is 2.77. The summed E-state index contributed by atoms with van der Waals surface area (Å²) in [5.41, 5.74) is 3.57. The van der Waals surface area contributed by atoms with Crippen molar-refractivity contribution in [1.29, 1.82) is 0 Å². The predicted octanol–water partition coefficient (Wildman–Crippen LogP) is 1.93. The van der Waals surface area contributed by atoms with Crippen LogP contribution in [0.4, 0.5) is 0 Å². The molecule has 0 saturated carbocycles. The zero-order valence-corrected chi connectivity index (χ0v) is 17.5.